The molecule has 2 rings (SSSR count). The van der Waals surface area contributed by atoms with Gasteiger partial charge in [-0.2, -0.15) is 13.2 Å². The summed E-state index contributed by atoms with van der Waals surface area (Å²) in [7, 11) is 0. The molecular weight excluding hydrogens is 330 g/mol. The maximum absolute atomic E-state index is 13.4. The molecule has 1 aromatic heterocycles. The molecular formula is C12H8BrF4NO. The highest BCUT2D eigenvalue weighted by molar-refractivity contribution is 9.10. The van der Waals surface area contributed by atoms with Crippen LogP contribution in [-0.2, 0) is 6.18 Å². The van der Waals surface area contributed by atoms with Gasteiger partial charge in [-0.05, 0) is 39.7 Å². The lowest BCUT2D eigenvalue weighted by Gasteiger charge is -2.13. The van der Waals surface area contributed by atoms with Crippen molar-refractivity contribution in [2.75, 3.05) is 0 Å². The predicted octanol–water partition coefficient (Wildman–Crippen LogP) is 4.25. The smallest absolute Gasteiger partial charge is 0.419 e. The molecule has 0 bridgehead atoms. The van der Waals surface area contributed by atoms with Gasteiger partial charge in [0.1, 0.15) is 5.82 Å². The number of halogens is 5. The van der Waals surface area contributed by atoms with Gasteiger partial charge in [0.15, 0.2) is 4.67 Å². The van der Waals surface area contributed by atoms with E-state index in [1.807, 2.05) is 0 Å². The van der Waals surface area contributed by atoms with Crippen LogP contribution < -0.4 is 5.73 Å². The standard InChI is InChI=1S/C12H8BrF4NO/c13-11-7(3-4-19-11)10(18)6-1-2-8(9(14)5-6)12(15,16)17/h1-5,10H,18H2. The van der Waals surface area contributed by atoms with Gasteiger partial charge in [0.05, 0.1) is 17.9 Å². The fourth-order valence-corrected chi connectivity index (χ4v) is 2.15. The highest BCUT2D eigenvalue weighted by Crippen LogP contribution is 2.34. The van der Waals surface area contributed by atoms with E-state index in [2.05, 4.69) is 15.9 Å². The first-order valence-electron chi connectivity index (χ1n) is 5.16. The molecule has 1 unspecified atom stereocenters. The Morgan fingerprint density at radius 2 is 1.89 bits per heavy atom. The lowest BCUT2D eigenvalue weighted by Crippen LogP contribution is -2.14. The molecule has 0 spiro atoms. The van der Waals surface area contributed by atoms with E-state index in [4.69, 9.17) is 10.2 Å². The van der Waals surface area contributed by atoms with Gasteiger partial charge in [-0.3, -0.25) is 0 Å². The average Bonchev–Trinajstić information content (AvgIpc) is 2.72. The third-order valence-corrected chi connectivity index (χ3v) is 3.28. The van der Waals surface area contributed by atoms with Crippen LogP contribution in [0.25, 0.3) is 0 Å². The molecule has 2 aromatic rings. The maximum atomic E-state index is 13.4. The quantitative estimate of drug-likeness (QED) is 0.832. The van der Waals surface area contributed by atoms with E-state index in [9.17, 15) is 17.6 Å². The van der Waals surface area contributed by atoms with Crippen LogP contribution in [0.15, 0.2) is 39.6 Å². The minimum absolute atomic E-state index is 0.229. The first-order valence-corrected chi connectivity index (χ1v) is 5.95. The van der Waals surface area contributed by atoms with Gasteiger partial charge in [-0.1, -0.05) is 6.07 Å². The molecule has 7 heteroatoms. The first-order chi connectivity index (χ1) is 8.80. The van der Waals surface area contributed by atoms with Crippen LogP contribution >= 0.6 is 15.9 Å². The molecule has 0 saturated heterocycles. The zero-order chi connectivity index (χ0) is 14.2. The Labute approximate surface area is 114 Å². The molecule has 0 aliphatic carbocycles. The second-order valence-electron chi connectivity index (χ2n) is 3.86. The Hall–Kier alpha value is -1.34. The number of nitrogens with two attached hydrogens (primary N) is 1. The predicted molar refractivity (Wildman–Crippen MR) is 63.8 cm³/mol. The van der Waals surface area contributed by atoms with Crippen LogP contribution in [0.3, 0.4) is 0 Å². The van der Waals surface area contributed by atoms with Crippen molar-refractivity contribution in [1.82, 2.24) is 0 Å². The van der Waals surface area contributed by atoms with Crippen molar-refractivity contribution in [3.8, 4) is 0 Å². The summed E-state index contributed by atoms with van der Waals surface area (Å²) >= 11 is 3.11. The summed E-state index contributed by atoms with van der Waals surface area (Å²) in [6, 6.07) is 3.40. The highest BCUT2D eigenvalue weighted by Gasteiger charge is 2.34. The van der Waals surface area contributed by atoms with Gasteiger partial charge in [0.2, 0.25) is 0 Å². The topological polar surface area (TPSA) is 39.2 Å². The van der Waals surface area contributed by atoms with Crippen LogP contribution in [0.5, 0.6) is 0 Å². The third-order valence-electron chi connectivity index (χ3n) is 2.64. The first kappa shape index (κ1) is 14.1. The van der Waals surface area contributed by atoms with Gasteiger partial charge in [-0.25, -0.2) is 4.39 Å². The summed E-state index contributed by atoms with van der Waals surface area (Å²) in [5.74, 6) is -1.35. The normalized spacial score (nSPS) is 13.6. The molecule has 0 aliphatic rings. The van der Waals surface area contributed by atoms with E-state index in [1.54, 1.807) is 6.07 Å². The van der Waals surface area contributed by atoms with Crippen molar-refractivity contribution in [3.63, 3.8) is 0 Å². The summed E-state index contributed by atoms with van der Waals surface area (Å²) in [4.78, 5) is 0. The Morgan fingerprint density at radius 3 is 2.37 bits per heavy atom. The third kappa shape index (κ3) is 2.82. The fourth-order valence-electron chi connectivity index (χ4n) is 1.66. The van der Waals surface area contributed by atoms with Crippen molar-refractivity contribution in [2.24, 2.45) is 5.73 Å². The Balaban J connectivity index is 2.38. The monoisotopic (exact) mass is 337 g/mol. The molecule has 0 radical (unpaired) electrons. The zero-order valence-corrected chi connectivity index (χ0v) is 10.9. The molecule has 102 valence electrons. The summed E-state index contributed by atoms with van der Waals surface area (Å²) in [5, 5.41) is 0. The zero-order valence-electron chi connectivity index (χ0n) is 9.34. The summed E-state index contributed by atoms with van der Waals surface area (Å²) in [6.07, 6.45) is -3.34. The maximum Gasteiger partial charge on any atom is 0.419 e. The molecule has 0 amide bonds. The van der Waals surface area contributed by atoms with Gasteiger partial charge in [0.25, 0.3) is 0 Å². The second-order valence-corrected chi connectivity index (χ2v) is 4.58. The van der Waals surface area contributed by atoms with Crippen LogP contribution in [-0.4, -0.2) is 0 Å². The number of hydrogen-bond donors (Lipinski definition) is 1. The molecule has 1 aromatic carbocycles. The molecule has 1 heterocycles. The van der Waals surface area contributed by atoms with Crippen LogP contribution in [0, 0.1) is 5.82 Å². The fraction of sp³-hybridized carbons (Fsp3) is 0.167. The summed E-state index contributed by atoms with van der Waals surface area (Å²) < 4.78 is 56.1. The van der Waals surface area contributed by atoms with Crippen LogP contribution in [0.2, 0.25) is 0 Å². The van der Waals surface area contributed by atoms with Gasteiger partial charge in [0, 0.05) is 5.56 Å². The average molecular weight is 338 g/mol. The Kier molecular flexibility index (Phi) is 3.69. The summed E-state index contributed by atoms with van der Waals surface area (Å²) in [6.45, 7) is 0. The van der Waals surface area contributed by atoms with E-state index in [-0.39, 0.29) is 5.56 Å². The van der Waals surface area contributed by atoms with Crippen molar-refractivity contribution in [3.05, 3.63) is 57.7 Å². The molecule has 19 heavy (non-hydrogen) atoms. The van der Waals surface area contributed by atoms with E-state index in [1.165, 1.54) is 6.26 Å². The lowest BCUT2D eigenvalue weighted by atomic mass is 10.0. The largest absolute Gasteiger partial charge is 0.457 e. The molecule has 0 saturated carbocycles. The van der Waals surface area contributed by atoms with Crippen LogP contribution in [0.4, 0.5) is 17.6 Å². The Morgan fingerprint density at radius 1 is 1.21 bits per heavy atom. The Bertz CT molecular complexity index is 594. The number of furan rings is 1. The second kappa shape index (κ2) is 4.97. The molecule has 2 nitrogen and oxygen atoms in total. The minimum Gasteiger partial charge on any atom is -0.457 e. The minimum atomic E-state index is -4.72. The van der Waals surface area contributed by atoms with Gasteiger partial charge < -0.3 is 10.2 Å². The lowest BCUT2D eigenvalue weighted by molar-refractivity contribution is -0.140. The molecule has 0 aliphatic heterocycles. The molecule has 0 fully saturated rings. The van der Waals surface area contributed by atoms with Gasteiger partial charge >= 0.3 is 6.18 Å². The van der Waals surface area contributed by atoms with Crippen molar-refractivity contribution in [1.29, 1.82) is 0 Å². The SMILES string of the molecule is NC(c1ccc(C(F)(F)F)c(F)c1)c1ccoc1Br. The van der Waals surface area contributed by atoms with Crippen molar-refractivity contribution < 1.29 is 22.0 Å². The molecule has 2 N–H and O–H groups in total. The van der Waals surface area contributed by atoms with E-state index in [0.717, 1.165) is 12.1 Å². The van der Waals surface area contributed by atoms with E-state index in [0.29, 0.717) is 16.3 Å². The van der Waals surface area contributed by atoms with Crippen molar-refractivity contribution >= 4 is 15.9 Å². The van der Waals surface area contributed by atoms with Crippen LogP contribution in [0.1, 0.15) is 22.7 Å². The van der Waals surface area contributed by atoms with E-state index < -0.39 is 23.6 Å². The molecule has 1 atom stereocenters. The van der Waals surface area contributed by atoms with Crippen molar-refractivity contribution in [2.45, 2.75) is 12.2 Å². The summed E-state index contributed by atoms with van der Waals surface area (Å²) in [5.41, 5.74) is 5.30. The van der Waals surface area contributed by atoms with Gasteiger partial charge in [-0.15, -0.1) is 0 Å². The number of rotatable bonds is 2. The number of alkyl halides is 3. The number of benzene rings is 1. The van der Waals surface area contributed by atoms with E-state index >= 15 is 0 Å². The highest BCUT2D eigenvalue weighted by atomic mass is 79.9. The number of hydrogen-bond acceptors (Lipinski definition) is 2.